The first kappa shape index (κ1) is 14.7. The molecule has 3 rings (SSSR count). The predicted octanol–water partition coefficient (Wildman–Crippen LogP) is 0.385. The van der Waals surface area contributed by atoms with Crippen LogP contribution in [-0.4, -0.2) is 47.9 Å². The molecule has 0 aromatic heterocycles. The molecule has 6 nitrogen and oxygen atoms in total. The van der Waals surface area contributed by atoms with Crippen molar-refractivity contribution in [3.05, 3.63) is 47.5 Å². The van der Waals surface area contributed by atoms with Crippen LogP contribution in [-0.2, 0) is 4.79 Å². The van der Waals surface area contributed by atoms with Gasteiger partial charge in [-0.15, -0.1) is 0 Å². The highest BCUT2D eigenvalue weighted by atomic mass is 16.3. The Kier molecular flexibility index (Phi) is 4.50. The first-order valence-corrected chi connectivity index (χ1v) is 7.47. The van der Waals surface area contributed by atoms with Gasteiger partial charge in [0.2, 0.25) is 0 Å². The fourth-order valence-electron chi connectivity index (χ4n) is 2.66. The standard InChI is InChI=1S/C16H20N4O2/c21-14(12-4-2-1-3-5-12)11-20-8-6-13(7-9-20)16-17-10-15(22)18-19-16/h1-6,14,21H,7-11H2,(H,17,19)(H,18,22). The number of benzene rings is 1. The Labute approximate surface area is 129 Å². The summed E-state index contributed by atoms with van der Waals surface area (Å²) in [6, 6.07) is 9.71. The lowest BCUT2D eigenvalue weighted by Gasteiger charge is -2.29. The van der Waals surface area contributed by atoms with Gasteiger partial charge in [0.25, 0.3) is 5.91 Å². The third-order valence-electron chi connectivity index (χ3n) is 3.92. The molecule has 1 amide bonds. The highest BCUT2D eigenvalue weighted by Gasteiger charge is 2.20. The first-order chi connectivity index (χ1) is 10.7. The van der Waals surface area contributed by atoms with Gasteiger partial charge in [-0.2, -0.15) is 5.10 Å². The largest absolute Gasteiger partial charge is 0.387 e. The van der Waals surface area contributed by atoms with Crippen molar-refractivity contribution in [1.29, 1.82) is 0 Å². The average Bonchev–Trinajstić information content (AvgIpc) is 2.57. The molecule has 0 saturated carbocycles. The molecular formula is C16H20N4O2. The van der Waals surface area contributed by atoms with E-state index in [4.69, 9.17) is 0 Å². The number of β-amino-alcohol motifs (C(OH)–C–C–N with tert-alkyl or cyclic N) is 1. The van der Waals surface area contributed by atoms with Gasteiger partial charge in [0.1, 0.15) is 5.84 Å². The number of aliphatic hydroxyl groups excluding tert-OH is 1. The van der Waals surface area contributed by atoms with Crippen LogP contribution in [0.25, 0.3) is 0 Å². The maximum Gasteiger partial charge on any atom is 0.259 e. The number of nitrogens with zero attached hydrogens (tertiary/aromatic N) is 2. The molecule has 2 heterocycles. The summed E-state index contributed by atoms with van der Waals surface area (Å²) in [6.45, 7) is 2.52. The van der Waals surface area contributed by atoms with Gasteiger partial charge in [-0.3, -0.25) is 9.69 Å². The Balaban J connectivity index is 1.56. The number of amides is 1. The van der Waals surface area contributed by atoms with Crippen LogP contribution < -0.4 is 10.7 Å². The second kappa shape index (κ2) is 6.72. The summed E-state index contributed by atoms with van der Waals surface area (Å²) in [5.74, 6) is 0.635. The summed E-state index contributed by atoms with van der Waals surface area (Å²) in [5, 5.41) is 17.3. The van der Waals surface area contributed by atoms with E-state index in [-0.39, 0.29) is 12.5 Å². The van der Waals surface area contributed by atoms with Crippen molar-refractivity contribution in [3.8, 4) is 0 Å². The molecule has 1 aromatic carbocycles. The Morgan fingerprint density at radius 1 is 1.32 bits per heavy atom. The maximum absolute atomic E-state index is 11.1. The average molecular weight is 300 g/mol. The van der Waals surface area contributed by atoms with Crippen molar-refractivity contribution in [3.63, 3.8) is 0 Å². The third kappa shape index (κ3) is 3.52. The minimum atomic E-state index is -0.472. The number of carbonyl (C=O) groups excluding carboxylic acids is 1. The van der Waals surface area contributed by atoms with Gasteiger partial charge in [-0.25, -0.2) is 5.43 Å². The van der Waals surface area contributed by atoms with E-state index in [0.29, 0.717) is 6.54 Å². The van der Waals surface area contributed by atoms with Gasteiger partial charge in [-0.1, -0.05) is 36.4 Å². The number of hydrazone groups is 1. The molecule has 1 aromatic rings. The van der Waals surface area contributed by atoms with Crippen LogP contribution in [0.15, 0.2) is 47.1 Å². The second-order valence-electron chi connectivity index (χ2n) is 5.51. The number of nitrogens with one attached hydrogen (secondary N) is 2. The molecule has 1 unspecified atom stereocenters. The minimum Gasteiger partial charge on any atom is -0.387 e. The Bertz CT molecular complexity index is 597. The summed E-state index contributed by atoms with van der Waals surface area (Å²) in [5.41, 5.74) is 4.55. The number of hydrogen-bond acceptors (Lipinski definition) is 5. The Morgan fingerprint density at radius 2 is 2.14 bits per heavy atom. The highest BCUT2D eigenvalue weighted by molar-refractivity contribution is 6.02. The van der Waals surface area contributed by atoms with Gasteiger partial charge in [0.05, 0.1) is 12.6 Å². The Morgan fingerprint density at radius 3 is 2.77 bits per heavy atom. The van der Waals surface area contributed by atoms with Gasteiger partial charge in [0.15, 0.2) is 0 Å². The van der Waals surface area contributed by atoms with Crippen molar-refractivity contribution in [2.75, 3.05) is 26.2 Å². The van der Waals surface area contributed by atoms with Gasteiger partial charge >= 0.3 is 0 Å². The van der Waals surface area contributed by atoms with E-state index < -0.39 is 6.10 Å². The zero-order chi connectivity index (χ0) is 15.4. The van der Waals surface area contributed by atoms with Crippen LogP contribution in [0.2, 0.25) is 0 Å². The fraction of sp³-hybridized carbons (Fsp3) is 0.375. The normalized spacial score (nSPS) is 20.5. The lowest BCUT2D eigenvalue weighted by molar-refractivity contribution is -0.120. The second-order valence-corrected chi connectivity index (χ2v) is 5.51. The van der Waals surface area contributed by atoms with E-state index in [2.05, 4.69) is 26.8 Å². The number of carbonyl (C=O) groups is 1. The van der Waals surface area contributed by atoms with Gasteiger partial charge in [0, 0.05) is 19.6 Å². The topological polar surface area (TPSA) is 77.0 Å². The molecule has 0 aliphatic carbocycles. The molecule has 6 heteroatoms. The molecule has 3 N–H and O–H groups in total. The SMILES string of the molecule is O=C1CNC(C2=CCN(CC(O)c3ccccc3)CC2)=NN1. The quantitative estimate of drug-likeness (QED) is 0.751. The molecule has 1 atom stereocenters. The molecule has 0 saturated heterocycles. The zero-order valence-electron chi connectivity index (χ0n) is 12.3. The minimum absolute atomic E-state index is 0.118. The van der Waals surface area contributed by atoms with E-state index in [9.17, 15) is 9.90 Å². The smallest absolute Gasteiger partial charge is 0.259 e. The summed E-state index contributed by atoms with van der Waals surface area (Å²) < 4.78 is 0. The number of hydrogen-bond donors (Lipinski definition) is 3. The van der Waals surface area contributed by atoms with Crippen LogP contribution in [0, 0.1) is 0 Å². The van der Waals surface area contributed by atoms with Crippen molar-refractivity contribution in [2.45, 2.75) is 12.5 Å². The molecule has 0 radical (unpaired) electrons. The summed E-state index contributed by atoms with van der Waals surface area (Å²) in [4.78, 5) is 13.3. The number of amidine groups is 1. The van der Waals surface area contributed by atoms with E-state index in [1.54, 1.807) is 0 Å². The lowest BCUT2D eigenvalue weighted by atomic mass is 10.0. The lowest BCUT2D eigenvalue weighted by Crippen LogP contribution is -2.44. The van der Waals surface area contributed by atoms with Crippen molar-refractivity contribution < 1.29 is 9.90 Å². The summed E-state index contributed by atoms with van der Waals surface area (Å²) in [6.07, 6.45) is 2.48. The van der Waals surface area contributed by atoms with Crippen molar-refractivity contribution in [1.82, 2.24) is 15.6 Å². The van der Waals surface area contributed by atoms with Gasteiger partial charge < -0.3 is 10.4 Å². The maximum atomic E-state index is 11.1. The van der Waals surface area contributed by atoms with Crippen LogP contribution in [0.4, 0.5) is 0 Å². The van der Waals surface area contributed by atoms with E-state index >= 15 is 0 Å². The van der Waals surface area contributed by atoms with E-state index in [0.717, 1.165) is 36.5 Å². The van der Waals surface area contributed by atoms with Crippen molar-refractivity contribution >= 4 is 11.7 Å². The molecular weight excluding hydrogens is 280 g/mol. The molecule has 0 bridgehead atoms. The predicted molar refractivity (Wildman–Crippen MR) is 84.1 cm³/mol. The summed E-state index contributed by atoms with van der Waals surface area (Å²) in [7, 11) is 0. The molecule has 2 aliphatic rings. The molecule has 0 spiro atoms. The third-order valence-corrected chi connectivity index (χ3v) is 3.92. The van der Waals surface area contributed by atoms with E-state index in [1.165, 1.54) is 0 Å². The van der Waals surface area contributed by atoms with E-state index in [1.807, 2.05) is 30.3 Å². The van der Waals surface area contributed by atoms with Crippen LogP contribution in [0.3, 0.4) is 0 Å². The summed E-state index contributed by atoms with van der Waals surface area (Å²) >= 11 is 0. The molecule has 116 valence electrons. The monoisotopic (exact) mass is 300 g/mol. The molecule has 0 fully saturated rings. The highest BCUT2D eigenvalue weighted by Crippen LogP contribution is 2.17. The van der Waals surface area contributed by atoms with Crippen molar-refractivity contribution in [2.24, 2.45) is 5.10 Å². The number of rotatable bonds is 4. The van der Waals surface area contributed by atoms with Crippen LogP contribution in [0.5, 0.6) is 0 Å². The number of aliphatic hydroxyl groups is 1. The zero-order valence-corrected chi connectivity index (χ0v) is 12.3. The molecule has 2 aliphatic heterocycles. The van der Waals surface area contributed by atoms with Gasteiger partial charge in [-0.05, 0) is 17.6 Å². The molecule has 22 heavy (non-hydrogen) atoms. The first-order valence-electron chi connectivity index (χ1n) is 7.47. The Hall–Kier alpha value is -2.18. The fourth-order valence-corrected chi connectivity index (χ4v) is 2.66. The van der Waals surface area contributed by atoms with Crippen LogP contribution in [0.1, 0.15) is 18.1 Å². The van der Waals surface area contributed by atoms with Crippen LogP contribution >= 0.6 is 0 Å².